The van der Waals surface area contributed by atoms with Crippen LogP contribution in [0.25, 0.3) is 27.9 Å². The van der Waals surface area contributed by atoms with Crippen LogP contribution in [-0.2, 0) is 6.54 Å². The fourth-order valence-electron chi connectivity index (χ4n) is 3.88. The maximum Gasteiger partial charge on any atom is 0.222 e. The van der Waals surface area contributed by atoms with Crippen molar-refractivity contribution in [2.24, 2.45) is 0 Å². The Bertz CT molecular complexity index is 1440. The minimum Gasteiger partial charge on any atom is -0.477 e. The van der Waals surface area contributed by atoms with Crippen molar-refractivity contribution in [3.8, 4) is 17.1 Å². The Hall–Kier alpha value is -4.08. The van der Waals surface area contributed by atoms with Crippen LogP contribution in [0.5, 0.6) is 5.88 Å². The molecular weight excluding hydrogens is 418 g/mol. The largest absolute Gasteiger partial charge is 0.477 e. The van der Waals surface area contributed by atoms with Crippen molar-refractivity contribution in [2.45, 2.75) is 40.3 Å². The second-order valence-corrected chi connectivity index (χ2v) is 7.94. The summed E-state index contributed by atoms with van der Waals surface area (Å²) in [6.07, 6.45) is 5.13. The summed E-state index contributed by atoms with van der Waals surface area (Å²) < 4.78 is 9.64. The molecule has 0 aromatic carbocycles. The molecule has 0 fully saturated rings. The van der Waals surface area contributed by atoms with E-state index in [2.05, 4.69) is 39.3 Å². The fourth-order valence-corrected chi connectivity index (χ4v) is 3.88. The van der Waals surface area contributed by atoms with Crippen LogP contribution in [0.3, 0.4) is 0 Å². The molecule has 0 aliphatic rings. The molecule has 0 bridgehead atoms. The highest BCUT2D eigenvalue weighted by Crippen LogP contribution is 2.34. The minimum absolute atomic E-state index is 0.172. The number of pyridine rings is 2. The van der Waals surface area contributed by atoms with E-state index in [0.29, 0.717) is 19.0 Å². The van der Waals surface area contributed by atoms with Crippen molar-refractivity contribution in [3.63, 3.8) is 0 Å². The second-order valence-electron chi connectivity index (χ2n) is 7.94. The third-order valence-electron chi connectivity index (χ3n) is 5.38. The summed E-state index contributed by atoms with van der Waals surface area (Å²) in [6, 6.07) is 7.88. The molecule has 0 aliphatic heterocycles. The number of nitrogens with zero attached hydrogens (tertiary/aromatic N) is 8. The quantitative estimate of drug-likeness (QED) is 0.404. The van der Waals surface area contributed by atoms with E-state index in [0.717, 1.165) is 45.1 Å². The highest BCUT2D eigenvalue weighted by atomic mass is 16.5. The molecule has 0 unspecified atom stereocenters. The number of hydrogen-bond donors (Lipinski definition) is 1. The zero-order valence-corrected chi connectivity index (χ0v) is 19.0. The van der Waals surface area contributed by atoms with Gasteiger partial charge in [0.2, 0.25) is 5.88 Å². The number of aromatic nitrogens is 8. The van der Waals surface area contributed by atoms with E-state index in [1.54, 1.807) is 18.7 Å². The monoisotopic (exact) mass is 443 g/mol. The first-order valence-corrected chi connectivity index (χ1v) is 10.9. The van der Waals surface area contributed by atoms with Crippen LogP contribution in [0.1, 0.15) is 38.3 Å². The van der Waals surface area contributed by atoms with E-state index < -0.39 is 0 Å². The first-order chi connectivity index (χ1) is 16.1. The first kappa shape index (κ1) is 20.8. The number of ether oxygens (including phenoxy) is 1. The zero-order valence-electron chi connectivity index (χ0n) is 19.0. The lowest BCUT2D eigenvalue weighted by Gasteiger charge is -2.15. The number of aryl methyl sites for hydroxylation is 1. The number of rotatable bonds is 7. The summed E-state index contributed by atoms with van der Waals surface area (Å²) in [4.78, 5) is 13.9. The highest BCUT2D eigenvalue weighted by Gasteiger charge is 2.19. The minimum atomic E-state index is 0.172. The molecule has 5 aromatic rings. The van der Waals surface area contributed by atoms with Gasteiger partial charge in [0, 0.05) is 24.5 Å². The average molecular weight is 444 g/mol. The summed E-state index contributed by atoms with van der Waals surface area (Å²) in [5.74, 6) is 1.36. The molecular formula is C23H25N9O. The van der Waals surface area contributed by atoms with Crippen molar-refractivity contribution in [1.29, 1.82) is 0 Å². The zero-order chi connectivity index (χ0) is 22.9. The van der Waals surface area contributed by atoms with Gasteiger partial charge in [-0.25, -0.2) is 15.0 Å². The van der Waals surface area contributed by atoms with Gasteiger partial charge in [0.05, 0.1) is 35.8 Å². The van der Waals surface area contributed by atoms with Gasteiger partial charge in [0.1, 0.15) is 23.2 Å². The van der Waals surface area contributed by atoms with Crippen molar-refractivity contribution in [2.75, 3.05) is 11.9 Å². The van der Waals surface area contributed by atoms with Crippen LogP contribution in [0.2, 0.25) is 0 Å². The smallest absolute Gasteiger partial charge is 0.222 e. The molecule has 5 heterocycles. The van der Waals surface area contributed by atoms with Gasteiger partial charge in [-0.05, 0) is 45.9 Å². The third-order valence-corrected chi connectivity index (χ3v) is 5.38. The van der Waals surface area contributed by atoms with E-state index in [9.17, 15) is 0 Å². The summed E-state index contributed by atoms with van der Waals surface area (Å²) in [5.41, 5.74) is 5.91. The Kier molecular flexibility index (Phi) is 5.33. The lowest BCUT2D eigenvalue weighted by atomic mass is 10.1. The Morgan fingerprint density at radius 2 is 2.03 bits per heavy atom. The van der Waals surface area contributed by atoms with Gasteiger partial charge in [-0.1, -0.05) is 0 Å². The predicted molar refractivity (Wildman–Crippen MR) is 125 cm³/mol. The second kappa shape index (κ2) is 8.45. The van der Waals surface area contributed by atoms with Gasteiger partial charge < -0.3 is 10.1 Å². The van der Waals surface area contributed by atoms with Gasteiger partial charge in [0.25, 0.3) is 0 Å². The molecule has 1 N–H and O–H groups in total. The fraction of sp³-hybridized carbons (Fsp3) is 0.304. The lowest BCUT2D eigenvalue weighted by molar-refractivity contribution is 0.328. The van der Waals surface area contributed by atoms with Crippen LogP contribution >= 0.6 is 0 Å². The van der Waals surface area contributed by atoms with Crippen molar-refractivity contribution < 1.29 is 4.74 Å². The van der Waals surface area contributed by atoms with Crippen LogP contribution in [0, 0.1) is 6.92 Å². The van der Waals surface area contributed by atoms with Crippen LogP contribution in [0.15, 0.2) is 43.0 Å². The molecule has 0 saturated carbocycles. The average Bonchev–Trinajstić information content (AvgIpc) is 3.43. The van der Waals surface area contributed by atoms with Gasteiger partial charge >= 0.3 is 0 Å². The molecule has 5 aromatic heterocycles. The Morgan fingerprint density at radius 3 is 2.85 bits per heavy atom. The van der Waals surface area contributed by atoms with E-state index >= 15 is 0 Å². The third kappa shape index (κ3) is 3.73. The van der Waals surface area contributed by atoms with E-state index in [4.69, 9.17) is 14.8 Å². The highest BCUT2D eigenvalue weighted by molar-refractivity contribution is 5.93. The number of anilines is 1. The Labute approximate surface area is 190 Å². The first-order valence-electron chi connectivity index (χ1n) is 10.9. The normalized spacial score (nSPS) is 11.5. The molecule has 33 heavy (non-hydrogen) atoms. The predicted octanol–water partition coefficient (Wildman–Crippen LogP) is 3.83. The molecule has 0 spiro atoms. The van der Waals surface area contributed by atoms with Gasteiger partial charge in [-0.15, -0.1) is 10.2 Å². The van der Waals surface area contributed by atoms with E-state index in [1.165, 1.54) is 0 Å². The molecule has 0 saturated heterocycles. The molecule has 0 amide bonds. The molecule has 10 nitrogen and oxygen atoms in total. The Balaban J connectivity index is 1.65. The Morgan fingerprint density at radius 1 is 1.15 bits per heavy atom. The summed E-state index contributed by atoms with van der Waals surface area (Å²) >= 11 is 0. The molecule has 168 valence electrons. The summed E-state index contributed by atoms with van der Waals surface area (Å²) in [5, 5.41) is 16.4. The van der Waals surface area contributed by atoms with Gasteiger partial charge in [0.15, 0.2) is 5.65 Å². The maximum absolute atomic E-state index is 5.77. The number of hydrogen-bond acceptors (Lipinski definition) is 8. The number of nitrogens with one attached hydrogen (secondary N) is 1. The summed E-state index contributed by atoms with van der Waals surface area (Å²) in [6.45, 7) is 9.14. The number of fused-ring (bicyclic) bond motifs is 2. The van der Waals surface area contributed by atoms with Gasteiger partial charge in [-0.3, -0.25) is 9.08 Å². The van der Waals surface area contributed by atoms with E-state index in [1.807, 2.05) is 47.2 Å². The molecule has 10 heteroatoms. The maximum atomic E-state index is 5.77. The standard InChI is InChI=1S/C23H25N9O/c1-5-33-23-16(7-6-9-25-23)17-11-18(22-21(28-17)15(4)30-32(22)14(2)3)26-12-20-24-10-8-19-29-27-13-31(19)20/h6-11,13-14H,5,12H2,1-4H3,(H,26,28). The molecule has 0 aliphatic carbocycles. The molecule has 0 atom stereocenters. The van der Waals surface area contributed by atoms with E-state index in [-0.39, 0.29) is 6.04 Å². The van der Waals surface area contributed by atoms with Gasteiger partial charge in [-0.2, -0.15) is 5.10 Å². The molecule has 0 radical (unpaired) electrons. The molecule has 5 rings (SSSR count). The SMILES string of the molecule is CCOc1ncccc1-c1cc(NCc2nccc3nncn23)c2c(n1)c(C)nn2C(C)C. The van der Waals surface area contributed by atoms with Crippen LogP contribution in [0.4, 0.5) is 5.69 Å². The lowest BCUT2D eigenvalue weighted by Crippen LogP contribution is -2.10. The summed E-state index contributed by atoms with van der Waals surface area (Å²) in [7, 11) is 0. The van der Waals surface area contributed by atoms with Crippen molar-refractivity contribution >= 4 is 22.4 Å². The van der Waals surface area contributed by atoms with Crippen LogP contribution < -0.4 is 10.1 Å². The van der Waals surface area contributed by atoms with Crippen LogP contribution in [-0.4, -0.2) is 45.9 Å². The van der Waals surface area contributed by atoms with Crippen molar-refractivity contribution in [1.82, 2.24) is 39.3 Å². The topological polar surface area (TPSA) is 108 Å². The van der Waals surface area contributed by atoms with Crippen molar-refractivity contribution in [3.05, 3.63) is 54.5 Å².